The summed E-state index contributed by atoms with van der Waals surface area (Å²) in [6.45, 7) is -2.87. The van der Waals surface area contributed by atoms with Crippen molar-refractivity contribution >= 4 is 23.2 Å². The molecule has 20 heavy (non-hydrogen) atoms. The Morgan fingerprint density at radius 2 is 1.65 bits per heavy atom. The molecule has 0 aromatic heterocycles. The monoisotopic (exact) mass is 317 g/mol. The molecule has 1 unspecified atom stereocenters. The summed E-state index contributed by atoms with van der Waals surface area (Å²) in [7, 11) is 0. The van der Waals surface area contributed by atoms with E-state index in [2.05, 4.69) is 4.74 Å². The van der Waals surface area contributed by atoms with Crippen molar-refractivity contribution in [2.45, 2.75) is 12.7 Å². The molecule has 2 N–H and O–H groups in total. The van der Waals surface area contributed by atoms with Crippen LogP contribution in [0.25, 0.3) is 0 Å². The van der Waals surface area contributed by atoms with Crippen LogP contribution in [0.2, 0.25) is 10.0 Å². The Balaban J connectivity index is 2.28. The summed E-state index contributed by atoms with van der Waals surface area (Å²) < 4.78 is 28.7. The number of rotatable bonds is 4. The lowest BCUT2D eigenvalue weighted by atomic mass is 9.99. The summed E-state index contributed by atoms with van der Waals surface area (Å²) >= 11 is 11.8. The van der Waals surface area contributed by atoms with Gasteiger partial charge in [-0.25, -0.2) is 0 Å². The molecule has 0 amide bonds. The van der Waals surface area contributed by atoms with Crippen LogP contribution in [0.15, 0.2) is 42.5 Å². The highest BCUT2D eigenvalue weighted by Gasteiger charge is 2.12. The number of ether oxygens (including phenoxy) is 1. The van der Waals surface area contributed by atoms with E-state index in [4.69, 9.17) is 28.9 Å². The third-order valence-corrected chi connectivity index (χ3v) is 3.48. The molecule has 106 valence electrons. The fraction of sp³-hybridized carbons (Fsp3) is 0.143. The summed E-state index contributed by atoms with van der Waals surface area (Å²) in [5.74, 6) is 0.0630. The van der Waals surface area contributed by atoms with Crippen molar-refractivity contribution in [3.63, 3.8) is 0 Å². The van der Waals surface area contributed by atoms with Gasteiger partial charge in [0.15, 0.2) is 0 Å². The predicted octanol–water partition coefficient (Wildman–Crippen LogP) is 4.64. The van der Waals surface area contributed by atoms with Crippen LogP contribution in [0.5, 0.6) is 5.75 Å². The molecule has 2 nitrogen and oxygen atoms in total. The van der Waals surface area contributed by atoms with Crippen molar-refractivity contribution in [3.8, 4) is 5.75 Å². The first-order chi connectivity index (χ1) is 9.47. The minimum Gasteiger partial charge on any atom is -0.435 e. The molecule has 0 aliphatic rings. The first-order valence-corrected chi connectivity index (χ1v) is 6.48. The van der Waals surface area contributed by atoms with Gasteiger partial charge in [0.05, 0.1) is 16.1 Å². The van der Waals surface area contributed by atoms with Crippen LogP contribution in [0.4, 0.5) is 8.78 Å². The second kappa shape index (κ2) is 6.39. The van der Waals surface area contributed by atoms with Crippen molar-refractivity contribution < 1.29 is 13.5 Å². The van der Waals surface area contributed by atoms with Gasteiger partial charge >= 0.3 is 6.61 Å². The molecular formula is C14H11Cl2F2NO. The number of hydrogen-bond acceptors (Lipinski definition) is 2. The molecular weight excluding hydrogens is 307 g/mol. The van der Waals surface area contributed by atoms with Crippen molar-refractivity contribution in [1.29, 1.82) is 0 Å². The third-order valence-electron chi connectivity index (χ3n) is 2.75. The molecule has 6 heteroatoms. The lowest BCUT2D eigenvalue weighted by Gasteiger charge is -2.14. The fourth-order valence-electron chi connectivity index (χ4n) is 1.78. The normalized spacial score (nSPS) is 12.5. The SMILES string of the molecule is NC(c1cccc(OC(F)F)c1)c1ccc(Cl)c(Cl)c1. The van der Waals surface area contributed by atoms with Crippen LogP contribution in [0.3, 0.4) is 0 Å². The fourth-order valence-corrected chi connectivity index (χ4v) is 2.09. The summed E-state index contributed by atoms with van der Waals surface area (Å²) in [6, 6.07) is 10.8. The summed E-state index contributed by atoms with van der Waals surface area (Å²) in [6.07, 6.45) is 0. The van der Waals surface area contributed by atoms with Crippen LogP contribution in [0.1, 0.15) is 17.2 Å². The summed E-state index contributed by atoms with van der Waals surface area (Å²) in [5, 5.41) is 0.817. The molecule has 2 rings (SSSR count). The quantitative estimate of drug-likeness (QED) is 0.891. The van der Waals surface area contributed by atoms with Crippen molar-refractivity contribution in [2.75, 3.05) is 0 Å². The lowest BCUT2D eigenvalue weighted by molar-refractivity contribution is -0.0498. The van der Waals surface area contributed by atoms with Crippen LogP contribution in [0, 0.1) is 0 Å². The van der Waals surface area contributed by atoms with Crippen LogP contribution < -0.4 is 10.5 Å². The minimum absolute atomic E-state index is 0.0630. The maximum atomic E-state index is 12.2. The largest absolute Gasteiger partial charge is 0.435 e. The molecule has 0 bridgehead atoms. The molecule has 2 aromatic carbocycles. The summed E-state index contributed by atoms with van der Waals surface area (Å²) in [5.41, 5.74) is 7.46. The maximum absolute atomic E-state index is 12.2. The number of halogens is 4. The zero-order valence-corrected chi connectivity index (χ0v) is 11.7. The van der Waals surface area contributed by atoms with Gasteiger partial charge in [-0.2, -0.15) is 8.78 Å². The molecule has 1 atom stereocenters. The topological polar surface area (TPSA) is 35.2 Å². The smallest absolute Gasteiger partial charge is 0.387 e. The zero-order chi connectivity index (χ0) is 14.7. The average Bonchev–Trinajstić information content (AvgIpc) is 2.40. The van der Waals surface area contributed by atoms with Gasteiger partial charge in [0.2, 0.25) is 0 Å². The van der Waals surface area contributed by atoms with Crippen LogP contribution in [-0.4, -0.2) is 6.61 Å². The number of benzene rings is 2. The van der Waals surface area contributed by atoms with Crippen LogP contribution in [-0.2, 0) is 0 Å². The van der Waals surface area contributed by atoms with Gasteiger partial charge in [-0.1, -0.05) is 41.4 Å². The Hall–Kier alpha value is -1.36. The first-order valence-electron chi connectivity index (χ1n) is 5.72. The first kappa shape index (κ1) is 15.0. The zero-order valence-electron chi connectivity index (χ0n) is 10.2. The number of nitrogens with two attached hydrogens (primary N) is 1. The van der Waals surface area contributed by atoms with Gasteiger partial charge < -0.3 is 10.5 Å². The van der Waals surface area contributed by atoms with E-state index in [9.17, 15) is 8.78 Å². The van der Waals surface area contributed by atoms with E-state index in [0.29, 0.717) is 15.6 Å². The highest BCUT2D eigenvalue weighted by molar-refractivity contribution is 6.42. The van der Waals surface area contributed by atoms with Crippen molar-refractivity contribution in [2.24, 2.45) is 5.73 Å². The Labute approximate surface area is 125 Å². The van der Waals surface area contributed by atoms with E-state index < -0.39 is 12.7 Å². The van der Waals surface area contributed by atoms with E-state index in [1.807, 2.05) is 0 Å². The average molecular weight is 318 g/mol. The van der Waals surface area contributed by atoms with Gasteiger partial charge in [0.25, 0.3) is 0 Å². The second-order valence-corrected chi connectivity index (χ2v) is 4.92. The van der Waals surface area contributed by atoms with Gasteiger partial charge in [-0.3, -0.25) is 0 Å². The Morgan fingerprint density at radius 1 is 0.950 bits per heavy atom. The van der Waals surface area contributed by atoms with E-state index in [1.54, 1.807) is 30.3 Å². The number of hydrogen-bond donors (Lipinski definition) is 1. The number of alkyl halides is 2. The molecule has 0 radical (unpaired) electrons. The van der Waals surface area contributed by atoms with E-state index >= 15 is 0 Å². The Morgan fingerprint density at radius 3 is 2.30 bits per heavy atom. The molecule has 0 aliphatic heterocycles. The molecule has 0 heterocycles. The molecule has 0 fully saturated rings. The van der Waals surface area contributed by atoms with E-state index in [1.165, 1.54) is 12.1 Å². The second-order valence-electron chi connectivity index (χ2n) is 4.10. The van der Waals surface area contributed by atoms with Crippen molar-refractivity contribution in [3.05, 3.63) is 63.6 Å². The molecule has 0 saturated carbocycles. The van der Waals surface area contributed by atoms with Gasteiger partial charge in [-0.05, 0) is 35.4 Å². The molecule has 0 aliphatic carbocycles. The van der Waals surface area contributed by atoms with E-state index in [0.717, 1.165) is 5.56 Å². The predicted molar refractivity (Wildman–Crippen MR) is 75.6 cm³/mol. The van der Waals surface area contributed by atoms with Gasteiger partial charge in [-0.15, -0.1) is 0 Å². The summed E-state index contributed by atoms with van der Waals surface area (Å²) in [4.78, 5) is 0. The third kappa shape index (κ3) is 3.60. The van der Waals surface area contributed by atoms with Crippen LogP contribution >= 0.6 is 23.2 Å². The molecule has 0 spiro atoms. The minimum atomic E-state index is -2.87. The highest BCUT2D eigenvalue weighted by Crippen LogP contribution is 2.29. The van der Waals surface area contributed by atoms with Crippen molar-refractivity contribution in [1.82, 2.24) is 0 Å². The van der Waals surface area contributed by atoms with Gasteiger partial charge in [0, 0.05) is 0 Å². The van der Waals surface area contributed by atoms with E-state index in [-0.39, 0.29) is 5.75 Å². The van der Waals surface area contributed by atoms with Gasteiger partial charge in [0.1, 0.15) is 5.75 Å². The lowest BCUT2D eigenvalue weighted by Crippen LogP contribution is -2.12. The highest BCUT2D eigenvalue weighted by atomic mass is 35.5. The Bertz CT molecular complexity index is 607. The maximum Gasteiger partial charge on any atom is 0.387 e. The standard InChI is InChI=1S/C14H11Cl2F2NO/c15-11-5-4-9(7-12(11)16)13(19)8-2-1-3-10(6-8)20-14(17)18/h1-7,13-14H,19H2. The molecule has 2 aromatic rings. The Kier molecular flexibility index (Phi) is 4.81. The molecule has 0 saturated heterocycles.